The number of benzene rings is 2. The molecule has 1 aromatic heterocycles. The summed E-state index contributed by atoms with van der Waals surface area (Å²) in [7, 11) is 3.30. The van der Waals surface area contributed by atoms with E-state index in [4.69, 9.17) is 15.2 Å². The van der Waals surface area contributed by atoms with Crippen molar-refractivity contribution in [2.24, 2.45) is 11.7 Å². The quantitative estimate of drug-likeness (QED) is 0.534. The summed E-state index contributed by atoms with van der Waals surface area (Å²) in [5, 5.41) is 12.7. The molecule has 1 aliphatic rings. The van der Waals surface area contributed by atoms with Crippen LogP contribution in [0.3, 0.4) is 0 Å². The third-order valence-corrected chi connectivity index (χ3v) is 6.18. The summed E-state index contributed by atoms with van der Waals surface area (Å²) in [5.41, 5.74) is 7.63. The molecule has 1 saturated heterocycles. The lowest BCUT2D eigenvalue weighted by Crippen LogP contribution is -3.13. The van der Waals surface area contributed by atoms with Gasteiger partial charge in [-0.05, 0) is 34.2 Å². The Balaban J connectivity index is 1.75. The number of nitrogens with zero attached hydrogens (tertiary/aromatic N) is 4. The number of tetrazole rings is 1. The number of hydrogen-bond donors (Lipinski definition) is 2. The summed E-state index contributed by atoms with van der Waals surface area (Å²) < 4.78 is 13.0. The largest absolute Gasteiger partial charge is 0.497 e. The summed E-state index contributed by atoms with van der Waals surface area (Å²) in [5.74, 6) is 1.90. The lowest BCUT2D eigenvalue weighted by molar-refractivity contribution is -0.931. The van der Waals surface area contributed by atoms with Gasteiger partial charge in [0.05, 0.1) is 39.4 Å². The van der Waals surface area contributed by atoms with Crippen LogP contribution in [0.4, 0.5) is 0 Å². The van der Waals surface area contributed by atoms with Gasteiger partial charge in [-0.15, -0.1) is 5.10 Å². The monoisotopic (exact) mass is 437 g/mol. The Morgan fingerprint density at radius 1 is 1.16 bits per heavy atom. The number of piperidine rings is 1. The number of amides is 1. The normalized spacial score (nSPS) is 19.3. The van der Waals surface area contributed by atoms with Gasteiger partial charge in [0.15, 0.2) is 6.04 Å². The minimum Gasteiger partial charge on any atom is -0.497 e. The van der Waals surface area contributed by atoms with Crippen molar-refractivity contribution in [2.75, 3.05) is 27.3 Å². The number of rotatable bonds is 8. The van der Waals surface area contributed by atoms with Crippen molar-refractivity contribution in [2.45, 2.75) is 25.4 Å². The first-order valence-electron chi connectivity index (χ1n) is 10.8. The minimum absolute atomic E-state index is 0.0908. The van der Waals surface area contributed by atoms with Crippen LogP contribution >= 0.6 is 0 Å². The first-order chi connectivity index (χ1) is 15.6. The SMILES string of the molecule is COc1ccc(OC)c([C@H](c2nnnn2Cc2ccccc2)[NH+]2CCC(C(N)=O)CC2)c1. The van der Waals surface area contributed by atoms with E-state index < -0.39 is 0 Å². The topological polar surface area (TPSA) is 110 Å². The molecule has 32 heavy (non-hydrogen) atoms. The third-order valence-electron chi connectivity index (χ3n) is 6.18. The number of nitrogens with two attached hydrogens (primary N) is 1. The molecule has 0 unspecified atom stereocenters. The fourth-order valence-corrected chi connectivity index (χ4v) is 4.46. The maximum Gasteiger partial charge on any atom is 0.220 e. The molecule has 2 heterocycles. The molecule has 0 saturated carbocycles. The highest BCUT2D eigenvalue weighted by Gasteiger charge is 2.37. The Morgan fingerprint density at radius 3 is 2.56 bits per heavy atom. The smallest absolute Gasteiger partial charge is 0.220 e. The molecule has 9 nitrogen and oxygen atoms in total. The molecule has 168 valence electrons. The molecular weight excluding hydrogens is 408 g/mol. The maximum absolute atomic E-state index is 11.7. The summed E-state index contributed by atoms with van der Waals surface area (Å²) >= 11 is 0. The zero-order chi connectivity index (χ0) is 22.5. The van der Waals surface area contributed by atoms with Gasteiger partial charge >= 0.3 is 0 Å². The Kier molecular flexibility index (Phi) is 6.65. The van der Waals surface area contributed by atoms with Crippen molar-refractivity contribution >= 4 is 5.91 Å². The number of likely N-dealkylation sites (tertiary alicyclic amines) is 1. The Hall–Kier alpha value is -3.46. The van der Waals surface area contributed by atoms with Crippen molar-refractivity contribution in [1.82, 2.24) is 20.2 Å². The second-order valence-corrected chi connectivity index (χ2v) is 8.06. The minimum atomic E-state index is -0.228. The zero-order valence-electron chi connectivity index (χ0n) is 18.4. The van der Waals surface area contributed by atoms with Crippen molar-refractivity contribution in [1.29, 1.82) is 0 Å². The first-order valence-corrected chi connectivity index (χ1v) is 10.8. The van der Waals surface area contributed by atoms with Crippen LogP contribution in [0.2, 0.25) is 0 Å². The standard InChI is InChI=1S/C23H28N6O3/c1-31-18-8-9-20(32-2)19(14-18)21(28-12-10-17(11-13-28)22(24)30)23-25-26-27-29(23)15-16-6-4-3-5-7-16/h3-9,14,17,21H,10-13,15H2,1-2H3,(H2,24,30)/p+1/t21-/m1/s1. The Morgan fingerprint density at radius 2 is 1.91 bits per heavy atom. The number of aromatic nitrogens is 4. The number of carbonyl (C=O) groups excluding carboxylic acids is 1. The van der Waals surface area contributed by atoms with Crippen molar-refractivity contribution in [3.63, 3.8) is 0 Å². The average Bonchev–Trinajstić information content (AvgIpc) is 3.27. The van der Waals surface area contributed by atoms with Gasteiger partial charge in [0.25, 0.3) is 0 Å². The van der Waals surface area contributed by atoms with Gasteiger partial charge < -0.3 is 20.1 Å². The highest BCUT2D eigenvalue weighted by atomic mass is 16.5. The second-order valence-electron chi connectivity index (χ2n) is 8.06. The van der Waals surface area contributed by atoms with Crippen LogP contribution in [0.5, 0.6) is 11.5 Å². The van der Waals surface area contributed by atoms with E-state index in [9.17, 15) is 4.79 Å². The van der Waals surface area contributed by atoms with E-state index in [1.807, 2.05) is 41.1 Å². The van der Waals surface area contributed by atoms with Crippen LogP contribution in [-0.4, -0.2) is 53.4 Å². The molecule has 0 radical (unpaired) electrons. The Labute approximate surface area is 187 Å². The Bertz CT molecular complexity index is 1050. The molecule has 4 rings (SSSR count). The van der Waals surface area contributed by atoms with Gasteiger partial charge in [0.2, 0.25) is 11.7 Å². The van der Waals surface area contributed by atoms with Gasteiger partial charge in [0, 0.05) is 18.8 Å². The number of nitrogens with one attached hydrogen (secondary N) is 1. The fourth-order valence-electron chi connectivity index (χ4n) is 4.46. The molecular formula is C23H29N6O3+. The van der Waals surface area contributed by atoms with E-state index in [1.54, 1.807) is 14.2 Å². The predicted molar refractivity (Wildman–Crippen MR) is 117 cm³/mol. The van der Waals surface area contributed by atoms with Crippen molar-refractivity contribution in [3.05, 3.63) is 65.5 Å². The maximum atomic E-state index is 11.7. The molecule has 3 aromatic rings. The zero-order valence-corrected chi connectivity index (χ0v) is 18.4. The number of methoxy groups -OCH3 is 2. The van der Waals surface area contributed by atoms with E-state index >= 15 is 0 Å². The van der Waals surface area contributed by atoms with Gasteiger partial charge in [0.1, 0.15) is 11.5 Å². The molecule has 1 atom stereocenters. The van der Waals surface area contributed by atoms with Crippen LogP contribution < -0.4 is 20.1 Å². The molecule has 3 N–H and O–H groups in total. The summed E-state index contributed by atoms with van der Waals surface area (Å²) in [4.78, 5) is 13.0. The van der Waals surface area contributed by atoms with E-state index in [2.05, 4.69) is 27.7 Å². The molecule has 9 heteroatoms. The molecule has 0 spiro atoms. The third kappa shape index (κ3) is 4.57. The van der Waals surface area contributed by atoms with E-state index in [0.717, 1.165) is 54.4 Å². The average molecular weight is 438 g/mol. The second kappa shape index (κ2) is 9.78. The lowest BCUT2D eigenvalue weighted by Gasteiger charge is -2.34. The number of ether oxygens (including phenoxy) is 2. The van der Waals surface area contributed by atoms with Crippen molar-refractivity contribution in [3.8, 4) is 11.5 Å². The molecule has 0 bridgehead atoms. The summed E-state index contributed by atoms with van der Waals surface area (Å²) in [6.45, 7) is 2.11. The summed E-state index contributed by atoms with van der Waals surface area (Å²) in [6, 6.07) is 15.7. The molecule has 2 aromatic carbocycles. The fraction of sp³-hybridized carbons (Fsp3) is 0.391. The van der Waals surface area contributed by atoms with Gasteiger partial charge in [-0.2, -0.15) is 0 Å². The van der Waals surface area contributed by atoms with Gasteiger partial charge in [-0.1, -0.05) is 30.3 Å². The molecule has 1 fully saturated rings. The van der Waals surface area contributed by atoms with Crippen molar-refractivity contribution < 1.29 is 19.2 Å². The summed E-state index contributed by atoms with van der Waals surface area (Å²) in [6.07, 6.45) is 1.46. The number of carbonyl (C=O) groups is 1. The lowest BCUT2D eigenvalue weighted by atomic mass is 9.93. The van der Waals surface area contributed by atoms with Crippen LogP contribution in [0.25, 0.3) is 0 Å². The molecule has 0 aliphatic carbocycles. The van der Waals surface area contributed by atoms with E-state index in [-0.39, 0.29) is 17.9 Å². The predicted octanol–water partition coefficient (Wildman–Crippen LogP) is 0.608. The van der Waals surface area contributed by atoms with Crippen LogP contribution in [0.1, 0.15) is 35.8 Å². The molecule has 1 amide bonds. The van der Waals surface area contributed by atoms with Crippen LogP contribution in [-0.2, 0) is 11.3 Å². The first kappa shape index (κ1) is 21.8. The molecule has 1 aliphatic heterocycles. The highest BCUT2D eigenvalue weighted by Crippen LogP contribution is 2.31. The number of quaternary nitrogens is 1. The highest BCUT2D eigenvalue weighted by molar-refractivity contribution is 5.76. The number of hydrogen-bond acceptors (Lipinski definition) is 6. The van der Waals surface area contributed by atoms with Gasteiger partial charge in [-0.25, -0.2) is 4.68 Å². The van der Waals surface area contributed by atoms with E-state index in [1.165, 1.54) is 4.90 Å². The van der Waals surface area contributed by atoms with Crippen LogP contribution in [0, 0.1) is 5.92 Å². The number of primary amides is 1. The van der Waals surface area contributed by atoms with Gasteiger partial charge in [-0.3, -0.25) is 4.79 Å². The van der Waals surface area contributed by atoms with Crippen LogP contribution in [0.15, 0.2) is 48.5 Å². The van der Waals surface area contributed by atoms with E-state index in [0.29, 0.717) is 6.54 Å².